The van der Waals surface area contributed by atoms with Crippen LogP contribution < -0.4 is 14.8 Å². The summed E-state index contributed by atoms with van der Waals surface area (Å²) in [4.78, 5) is 12.3. The molecular formula is C27H27ClN2O4. The maximum absolute atomic E-state index is 12.3. The van der Waals surface area contributed by atoms with Crippen molar-refractivity contribution in [3.05, 3.63) is 88.3 Å². The third-order valence-electron chi connectivity index (χ3n) is 4.97. The van der Waals surface area contributed by atoms with Gasteiger partial charge in [-0.1, -0.05) is 50.6 Å². The summed E-state index contributed by atoms with van der Waals surface area (Å²) < 4.78 is 16.6. The van der Waals surface area contributed by atoms with Crippen molar-refractivity contribution < 1.29 is 18.7 Å². The van der Waals surface area contributed by atoms with E-state index in [4.69, 9.17) is 25.5 Å². The average Bonchev–Trinajstić information content (AvgIpc) is 3.33. The molecule has 1 heterocycles. The van der Waals surface area contributed by atoms with E-state index in [1.807, 2.05) is 18.2 Å². The molecule has 176 valence electrons. The number of amides is 1. The predicted octanol–water partition coefficient (Wildman–Crippen LogP) is 5.91. The molecule has 0 atom stereocenters. The Bertz CT molecular complexity index is 1170. The van der Waals surface area contributed by atoms with Crippen LogP contribution in [-0.2, 0) is 16.8 Å². The van der Waals surface area contributed by atoms with Gasteiger partial charge in [-0.2, -0.15) is 5.26 Å². The van der Waals surface area contributed by atoms with Crippen LogP contribution in [0.2, 0.25) is 5.02 Å². The van der Waals surface area contributed by atoms with Crippen molar-refractivity contribution in [3.63, 3.8) is 0 Å². The monoisotopic (exact) mass is 478 g/mol. The van der Waals surface area contributed by atoms with Crippen molar-refractivity contribution in [1.82, 2.24) is 5.32 Å². The van der Waals surface area contributed by atoms with Crippen molar-refractivity contribution in [3.8, 4) is 17.6 Å². The molecule has 0 aliphatic rings. The number of carbonyl (C=O) groups excluding carboxylic acids is 1. The Kier molecular flexibility index (Phi) is 8.39. The summed E-state index contributed by atoms with van der Waals surface area (Å²) in [5, 5.41) is 12.4. The quantitative estimate of drug-likeness (QED) is 0.235. The number of carbonyl (C=O) groups is 1. The van der Waals surface area contributed by atoms with Crippen molar-refractivity contribution in [2.75, 3.05) is 13.2 Å². The molecule has 0 saturated heterocycles. The van der Waals surface area contributed by atoms with Gasteiger partial charge in [-0.3, -0.25) is 4.79 Å². The number of nitriles is 1. The van der Waals surface area contributed by atoms with Crippen molar-refractivity contribution >= 4 is 23.6 Å². The molecule has 0 radical (unpaired) electrons. The number of halogens is 1. The fourth-order valence-electron chi connectivity index (χ4n) is 3.08. The number of nitrogens with zero attached hydrogens (tertiary/aromatic N) is 1. The molecule has 7 heteroatoms. The Morgan fingerprint density at radius 3 is 2.47 bits per heavy atom. The number of nitrogens with one attached hydrogen (secondary N) is 1. The molecule has 34 heavy (non-hydrogen) atoms. The first-order valence-corrected chi connectivity index (χ1v) is 11.2. The lowest BCUT2D eigenvalue weighted by Crippen LogP contribution is -2.23. The van der Waals surface area contributed by atoms with E-state index >= 15 is 0 Å². The number of hydrogen-bond donors (Lipinski definition) is 1. The third kappa shape index (κ3) is 7.16. The Hall–Kier alpha value is -3.69. The summed E-state index contributed by atoms with van der Waals surface area (Å²) in [7, 11) is 0. The number of furan rings is 1. The molecule has 0 unspecified atom stereocenters. The van der Waals surface area contributed by atoms with Crippen LogP contribution in [0.15, 0.2) is 70.9 Å². The first-order chi connectivity index (χ1) is 16.3. The van der Waals surface area contributed by atoms with E-state index in [1.165, 1.54) is 17.9 Å². The van der Waals surface area contributed by atoms with Crippen molar-refractivity contribution in [2.24, 2.45) is 0 Å². The highest BCUT2D eigenvalue weighted by molar-refractivity contribution is 6.32. The van der Waals surface area contributed by atoms with Gasteiger partial charge in [0.05, 0.1) is 17.8 Å². The maximum Gasteiger partial charge on any atom is 0.262 e. The lowest BCUT2D eigenvalue weighted by atomic mass is 9.87. The van der Waals surface area contributed by atoms with Gasteiger partial charge in [-0.25, -0.2) is 0 Å². The second-order valence-electron chi connectivity index (χ2n) is 8.59. The molecule has 0 saturated carbocycles. The van der Waals surface area contributed by atoms with Crippen LogP contribution in [-0.4, -0.2) is 19.1 Å². The van der Waals surface area contributed by atoms with Gasteiger partial charge in [-0.05, 0) is 59.0 Å². The van der Waals surface area contributed by atoms with Crippen LogP contribution in [0.5, 0.6) is 11.5 Å². The Labute approximate surface area is 204 Å². The standard InChI is InChI=1S/C27H27ClN2O4/c1-27(2,3)21-7-9-22(10-8-21)33-13-14-34-25-11-6-19(16-24(25)28)15-20(17-29)26(31)30-18-23-5-4-12-32-23/h4-12,15-16H,13-14,18H2,1-3H3,(H,30,31). The second kappa shape index (κ2) is 11.4. The summed E-state index contributed by atoms with van der Waals surface area (Å²) in [5.41, 5.74) is 1.91. The molecule has 0 aliphatic heterocycles. The van der Waals surface area contributed by atoms with Crippen LogP contribution in [0.3, 0.4) is 0 Å². The molecule has 1 amide bonds. The largest absolute Gasteiger partial charge is 0.490 e. The first kappa shape index (κ1) is 24.9. The van der Waals surface area contributed by atoms with Gasteiger partial charge in [0, 0.05) is 0 Å². The highest BCUT2D eigenvalue weighted by Gasteiger charge is 2.13. The van der Waals surface area contributed by atoms with Gasteiger partial charge < -0.3 is 19.2 Å². The molecule has 0 bridgehead atoms. The Balaban J connectivity index is 1.51. The molecule has 2 aromatic carbocycles. The van der Waals surface area contributed by atoms with E-state index in [1.54, 1.807) is 30.3 Å². The lowest BCUT2D eigenvalue weighted by Gasteiger charge is -2.19. The molecule has 0 spiro atoms. The van der Waals surface area contributed by atoms with Gasteiger partial charge in [0.2, 0.25) is 0 Å². The molecule has 0 aliphatic carbocycles. The van der Waals surface area contributed by atoms with E-state index < -0.39 is 5.91 Å². The zero-order chi connectivity index (χ0) is 24.6. The zero-order valence-corrected chi connectivity index (χ0v) is 20.2. The summed E-state index contributed by atoms with van der Waals surface area (Å²) in [6, 6.07) is 18.5. The SMILES string of the molecule is CC(C)(C)c1ccc(OCCOc2ccc(C=C(C#N)C(=O)NCc3ccco3)cc2Cl)cc1. The summed E-state index contributed by atoms with van der Waals surface area (Å²) >= 11 is 6.33. The molecular weight excluding hydrogens is 452 g/mol. The van der Waals surface area contributed by atoms with Gasteiger partial charge in [0.1, 0.15) is 42.1 Å². The van der Waals surface area contributed by atoms with Crippen molar-refractivity contribution in [2.45, 2.75) is 32.7 Å². The average molecular weight is 479 g/mol. The Morgan fingerprint density at radius 1 is 1.12 bits per heavy atom. The topological polar surface area (TPSA) is 84.5 Å². The number of rotatable bonds is 9. The van der Waals surface area contributed by atoms with Crippen LogP contribution in [0, 0.1) is 11.3 Å². The van der Waals surface area contributed by atoms with Crippen LogP contribution in [0.25, 0.3) is 6.08 Å². The molecule has 6 nitrogen and oxygen atoms in total. The van der Waals surface area contributed by atoms with E-state index in [9.17, 15) is 10.1 Å². The molecule has 0 fully saturated rings. The minimum atomic E-state index is -0.497. The highest BCUT2D eigenvalue weighted by atomic mass is 35.5. The van der Waals surface area contributed by atoms with E-state index in [2.05, 4.69) is 38.2 Å². The zero-order valence-electron chi connectivity index (χ0n) is 19.4. The molecule has 3 rings (SSSR count). The fourth-order valence-corrected chi connectivity index (χ4v) is 3.32. The van der Waals surface area contributed by atoms with E-state index in [0.29, 0.717) is 35.3 Å². The number of hydrogen-bond acceptors (Lipinski definition) is 5. The van der Waals surface area contributed by atoms with Gasteiger partial charge in [-0.15, -0.1) is 0 Å². The number of ether oxygens (including phenoxy) is 2. The van der Waals surface area contributed by atoms with Crippen LogP contribution in [0.4, 0.5) is 0 Å². The lowest BCUT2D eigenvalue weighted by molar-refractivity contribution is -0.117. The molecule has 1 aromatic heterocycles. The third-order valence-corrected chi connectivity index (χ3v) is 5.26. The van der Waals surface area contributed by atoms with Gasteiger partial charge in [0.25, 0.3) is 5.91 Å². The number of benzene rings is 2. The maximum atomic E-state index is 12.3. The van der Waals surface area contributed by atoms with Crippen molar-refractivity contribution in [1.29, 1.82) is 5.26 Å². The first-order valence-electron chi connectivity index (χ1n) is 10.8. The summed E-state index contributed by atoms with van der Waals surface area (Å²) in [6.07, 6.45) is 2.99. The Morgan fingerprint density at radius 2 is 1.85 bits per heavy atom. The molecule has 1 N–H and O–H groups in total. The summed E-state index contributed by atoms with van der Waals surface area (Å²) in [5.74, 6) is 1.37. The normalized spacial score (nSPS) is 11.6. The van der Waals surface area contributed by atoms with Gasteiger partial charge >= 0.3 is 0 Å². The summed E-state index contributed by atoms with van der Waals surface area (Å²) in [6.45, 7) is 7.37. The van der Waals surface area contributed by atoms with Gasteiger partial charge in [0.15, 0.2) is 0 Å². The smallest absolute Gasteiger partial charge is 0.262 e. The van der Waals surface area contributed by atoms with E-state index in [-0.39, 0.29) is 17.5 Å². The second-order valence-corrected chi connectivity index (χ2v) is 9.00. The minimum absolute atomic E-state index is 0.0397. The highest BCUT2D eigenvalue weighted by Crippen LogP contribution is 2.27. The minimum Gasteiger partial charge on any atom is -0.490 e. The van der Waals surface area contributed by atoms with Crippen LogP contribution >= 0.6 is 11.6 Å². The fraction of sp³-hybridized carbons (Fsp3) is 0.259. The molecule has 3 aromatic rings. The predicted molar refractivity (Wildman–Crippen MR) is 132 cm³/mol. The van der Waals surface area contributed by atoms with E-state index in [0.717, 1.165) is 5.75 Å². The van der Waals surface area contributed by atoms with Crippen LogP contribution in [0.1, 0.15) is 37.7 Å².